The number of nitrogens with one attached hydrogen (secondary N) is 1. The number of ether oxygens (including phenoxy) is 3. The van der Waals surface area contributed by atoms with Crippen LogP contribution in [0.15, 0.2) is 78.9 Å². The highest BCUT2D eigenvalue weighted by atomic mass is 16.5. The molecular weight excluding hydrogens is 362 g/mol. The molecule has 1 unspecified atom stereocenters. The van der Waals surface area contributed by atoms with Gasteiger partial charge in [-0.25, -0.2) is 0 Å². The molecule has 1 atom stereocenters. The molecule has 0 amide bonds. The first kappa shape index (κ1) is 20.6. The van der Waals surface area contributed by atoms with Crippen LogP contribution in [0.3, 0.4) is 0 Å². The molecule has 0 aliphatic heterocycles. The van der Waals surface area contributed by atoms with Gasteiger partial charge in [0.15, 0.2) is 0 Å². The Morgan fingerprint density at radius 1 is 0.793 bits per heavy atom. The Hall–Kier alpha value is -3.14. The van der Waals surface area contributed by atoms with Crippen molar-refractivity contribution in [2.75, 3.05) is 18.5 Å². The zero-order valence-corrected chi connectivity index (χ0v) is 17.1. The van der Waals surface area contributed by atoms with Gasteiger partial charge in [0.25, 0.3) is 0 Å². The standard InChI is InChI=1S/C25H29NO3/c1-3-20(2)29-24-14-9-11-22(18-24)26-19-21-10-7-8-15-25(21)28-17-16-27-23-12-5-4-6-13-23/h4-15,18,20,26H,3,16-17,19H2,1-2H3. The van der Waals surface area contributed by atoms with Crippen molar-refractivity contribution in [1.29, 1.82) is 0 Å². The molecule has 3 aromatic rings. The first-order valence-electron chi connectivity index (χ1n) is 10.1. The van der Waals surface area contributed by atoms with Crippen LogP contribution in [0.2, 0.25) is 0 Å². The van der Waals surface area contributed by atoms with Crippen LogP contribution in [0.4, 0.5) is 5.69 Å². The van der Waals surface area contributed by atoms with Gasteiger partial charge in [-0.15, -0.1) is 0 Å². The van der Waals surface area contributed by atoms with E-state index in [1.54, 1.807) is 0 Å². The van der Waals surface area contributed by atoms with E-state index in [9.17, 15) is 0 Å². The maximum absolute atomic E-state index is 5.95. The smallest absolute Gasteiger partial charge is 0.124 e. The second-order valence-corrected chi connectivity index (χ2v) is 6.84. The van der Waals surface area contributed by atoms with E-state index in [0.29, 0.717) is 19.8 Å². The van der Waals surface area contributed by atoms with E-state index < -0.39 is 0 Å². The summed E-state index contributed by atoms with van der Waals surface area (Å²) in [4.78, 5) is 0. The van der Waals surface area contributed by atoms with Crippen LogP contribution in [0.5, 0.6) is 17.2 Å². The first-order valence-corrected chi connectivity index (χ1v) is 10.1. The summed E-state index contributed by atoms with van der Waals surface area (Å²) in [6.07, 6.45) is 1.19. The minimum Gasteiger partial charge on any atom is -0.491 e. The van der Waals surface area contributed by atoms with Crippen LogP contribution in [-0.4, -0.2) is 19.3 Å². The number of hydrogen-bond acceptors (Lipinski definition) is 4. The van der Waals surface area contributed by atoms with E-state index in [-0.39, 0.29) is 6.10 Å². The maximum atomic E-state index is 5.95. The van der Waals surface area contributed by atoms with Crippen LogP contribution in [0, 0.1) is 0 Å². The summed E-state index contributed by atoms with van der Waals surface area (Å²) >= 11 is 0. The fourth-order valence-corrected chi connectivity index (χ4v) is 2.81. The largest absolute Gasteiger partial charge is 0.491 e. The van der Waals surface area contributed by atoms with Gasteiger partial charge in [0.2, 0.25) is 0 Å². The van der Waals surface area contributed by atoms with Crippen molar-refractivity contribution in [2.45, 2.75) is 32.9 Å². The van der Waals surface area contributed by atoms with Gasteiger partial charge < -0.3 is 19.5 Å². The highest BCUT2D eigenvalue weighted by molar-refractivity contribution is 5.49. The highest BCUT2D eigenvalue weighted by Crippen LogP contribution is 2.23. The quantitative estimate of drug-likeness (QED) is 0.411. The summed E-state index contributed by atoms with van der Waals surface area (Å²) < 4.78 is 17.5. The third-order valence-electron chi connectivity index (χ3n) is 4.55. The maximum Gasteiger partial charge on any atom is 0.124 e. The van der Waals surface area contributed by atoms with E-state index >= 15 is 0 Å². The minimum atomic E-state index is 0.206. The molecule has 0 aromatic heterocycles. The summed E-state index contributed by atoms with van der Waals surface area (Å²) in [5, 5.41) is 3.46. The molecule has 0 heterocycles. The Morgan fingerprint density at radius 3 is 2.34 bits per heavy atom. The van der Waals surface area contributed by atoms with Crippen molar-refractivity contribution in [3.05, 3.63) is 84.4 Å². The summed E-state index contributed by atoms with van der Waals surface area (Å²) in [7, 11) is 0. The molecule has 3 rings (SSSR count). The first-order chi connectivity index (χ1) is 14.2. The molecule has 1 N–H and O–H groups in total. The Labute approximate surface area is 173 Å². The van der Waals surface area contributed by atoms with E-state index in [1.807, 2.05) is 72.8 Å². The predicted molar refractivity (Wildman–Crippen MR) is 118 cm³/mol. The van der Waals surface area contributed by atoms with Crippen LogP contribution < -0.4 is 19.5 Å². The molecule has 0 bridgehead atoms. The van der Waals surface area contributed by atoms with E-state index in [0.717, 1.165) is 34.9 Å². The van der Waals surface area contributed by atoms with E-state index in [2.05, 4.69) is 25.2 Å². The molecular formula is C25H29NO3. The van der Waals surface area contributed by atoms with Gasteiger partial charge >= 0.3 is 0 Å². The Balaban J connectivity index is 1.52. The van der Waals surface area contributed by atoms with Gasteiger partial charge in [0.05, 0.1) is 6.10 Å². The third-order valence-corrected chi connectivity index (χ3v) is 4.55. The highest BCUT2D eigenvalue weighted by Gasteiger charge is 2.05. The lowest BCUT2D eigenvalue weighted by molar-refractivity contribution is 0.216. The fraction of sp³-hybridized carbons (Fsp3) is 0.280. The Bertz CT molecular complexity index is 867. The lowest BCUT2D eigenvalue weighted by Crippen LogP contribution is -2.11. The van der Waals surface area contributed by atoms with Crippen molar-refractivity contribution in [1.82, 2.24) is 0 Å². The molecule has 4 heteroatoms. The van der Waals surface area contributed by atoms with Gasteiger partial charge in [-0.1, -0.05) is 49.4 Å². The fourth-order valence-electron chi connectivity index (χ4n) is 2.81. The third kappa shape index (κ3) is 6.75. The van der Waals surface area contributed by atoms with Gasteiger partial charge in [0, 0.05) is 23.9 Å². The molecule has 0 saturated heterocycles. The molecule has 29 heavy (non-hydrogen) atoms. The zero-order valence-electron chi connectivity index (χ0n) is 17.1. The van der Waals surface area contributed by atoms with Crippen molar-refractivity contribution >= 4 is 5.69 Å². The normalized spacial score (nSPS) is 11.5. The van der Waals surface area contributed by atoms with E-state index in [4.69, 9.17) is 14.2 Å². The summed E-state index contributed by atoms with van der Waals surface area (Å²) in [5.41, 5.74) is 2.12. The molecule has 0 aliphatic carbocycles. The molecule has 0 spiro atoms. The van der Waals surface area contributed by atoms with Crippen molar-refractivity contribution in [3.63, 3.8) is 0 Å². The second-order valence-electron chi connectivity index (χ2n) is 6.84. The lowest BCUT2D eigenvalue weighted by Gasteiger charge is -2.15. The van der Waals surface area contributed by atoms with Gasteiger partial charge in [-0.2, -0.15) is 0 Å². The topological polar surface area (TPSA) is 39.7 Å². The lowest BCUT2D eigenvalue weighted by atomic mass is 10.2. The van der Waals surface area contributed by atoms with Crippen LogP contribution >= 0.6 is 0 Å². The van der Waals surface area contributed by atoms with Gasteiger partial charge in [-0.05, 0) is 43.7 Å². The summed E-state index contributed by atoms with van der Waals surface area (Å²) in [5.74, 6) is 2.60. The van der Waals surface area contributed by atoms with E-state index in [1.165, 1.54) is 0 Å². The number of hydrogen-bond donors (Lipinski definition) is 1. The second kappa shape index (κ2) is 11.0. The van der Waals surface area contributed by atoms with Crippen molar-refractivity contribution in [3.8, 4) is 17.2 Å². The molecule has 0 aliphatic rings. The molecule has 0 saturated carbocycles. The predicted octanol–water partition coefficient (Wildman–Crippen LogP) is 5.93. The number of anilines is 1. The van der Waals surface area contributed by atoms with Crippen molar-refractivity contribution in [2.24, 2.45) is 0 Å². The monoisotopic (exact) mass is 391 g/mol. The number of rotatable bonds is 11. The average molecular weight is 392 g/mol. The minimum absolute atomic E-state index is 0.206. The molecule has 0 radical (unpaired) electrons. The average Bonchev–Trinajstić information content (AvgIpc) is 2.77. The zero-order chi connectivity index (χ0) is 20.3. The molecule has 4 nitrogen and oxygen atoms in total. The number of para-hydroxylation sites is 2. The summed E-state index contributed by atoms with van der Waals surface area (Å²) in [6.45, 7) is 5.86. The molecule has 0 fully saturated rings. The molecule has 152 valence electrons. The van der Waals surface area contributed by atoms with Gasteiger partial charge in [-0.3, -0.25) is 0 Å². The molecule has 3 aromatic carbocycles. The Morgan fingerprint density at radius 2 is 1.52 bits per heavy atom. The number of benzene rings is 3. The Kier molecular flexibility index (Phi) is 7.81. The SMILES string of the molecule is CCC(C)Oc1cccc(NCc2ccccc2OCCOc2ccccc2)c1. The van der Waals surface area contributed by atoms with Crippen LogP contribution in [0.1, 0.15) is 25.8 Å². The van der Waals surface area contributed by atoms with Crippen LogP contribution in [0.25, 0.3) is 0 Å². The summed E-state index contributed by atoms with van der Waals surface area (Å²) in [6, 6.07) is 25.9. The van der Waals surface area contributed by atoms with Crippen molar-refractivity contribution < 1.29 is 14.2 Å². The van der Waals surface area contributed by atoms with Gasteiger partial charge in [0.1, 0.15) is 30.5 Å². The van der Waals surface area contributed by atoms with Crippen LogP contribution in [-0.2, 0) is 6.54 Å².